The minimum absolute atomic E-state index is 0.165. The normalized spacial score (nSPS) is 10.5. The molecule has 1 aromatic heterocycles. The van der Waals surface area contributed by atoms with Crippen LogP contribution in [-0.4, -0.2) is 25.1 Å². The molecule has 0 saturated heterocycles. The van der Waals surface area contributed by atoms with Crippen molar-refractivity contribution in [3.05, 3.63) is 69.6 Å². The summed E-state index contributed by atoms with van der Waals surface area (Å²) in [4.78, 5) is 25.1. The number of thiophene rings is 1. The van der Waals surface area contributed by atoms with E-state index in [1.165, 1.54) is 11.3 Å². The monoisotopic (exact) mass is 443 g/mol. The van der Waals surface area contributed by atoms with Crippen molar-refractivity contribution in [2.24, 2.45) is 0 Å². The average molecular weight is 444 g/mol. The number of hydrogen-bond donors (Lipinski definition) is 1. The minimum atomic E-state index is -0.491. The zero-order valence-electron chi connectivity index (χ0n) is 17.0. The van der Waals surface area contributed by atoms with E-state index in [4.69, 9.17) is 21.1 Å². The quantitative estimate of drug-likeness (QED) is 0.463. The molecule has 0 aliphatic carbocycles. The summed E-state index contributed by atoms with van der Waals surface area (Å²) in [5.74, 6) is -0.159. The second-order valence-electron chi connectivity index (χ2n) is 6.64. The highest BCUT2D eigenvalue weighted by Crippen LogP contribution is 2.36. The first-order valence-electron chi connectivity index (χ1n) is 9.44. The molecule has 5 nitrogen and oxygen atoms in total. The zero-order valence-corrected chi connectivity index (χ0v) is 18.5. The molecule has 0 unspecified atom stereocenters. The third-order valence-corrected chi connectivity index (χ3v) is 5.58. The topological polar surface area (TPSA) is 64.6 Å². The van der Waals surface area contributed by atoms with E-state index >= 15 is 0 Å². The van der Waals surface area contributed by atoms with Crippen LogP contribution in [0.25, 0.3) is 11.1 Å². The molecule has 1 heterocycles. The van der Waals surface area contributed by atoms with E-state index in [1.54, 1.807) is 19.1 Å². The number of halogens is 1. The fraction of sp³-hybridized carbons (Fsp3) is 0.217. The molecule has 0 fully saturated rings. The van der Waals surface area contributed by atoms with Gasteiger partial charge >= 0.3 is 5.97 Å². The lowest BCUT2D eigenvalue weighted by molar-refractivity contribution is -0.118. The molecule has 2 aromatic carbocycles. The van der Waals surface area contributed by atoms with Crippen molar-refractivity contribution >= 4 is 39.8 Å². The molecular formula is C23H22ClNO4S. The van der Waals surface area contributed by atoms with E-state index in [2.05, 4.69) is 5.32 Å². The summed E-state index contributed by atoms with van der Waals surface area (Å²) in [6, 6.07) is 12.9. The molecule has 7 heteroatoms. The molecular weight excluding hydrogens is 422 g/mol. The minimum Gasteiger partial charge on any atom is -0.483 e. The number of aryl methyl sites for hydroxylation is 2. The van der Waals surface area contributed by atoms with Crippen molar-refractivity contribution < 1.29 is 19.1 Å². The van der Waals surface area contributed by atoms with Crippen LogP contribution >= 0.6 is 22.9 Å². The molecule has 156 valence electrons. The summed E-state index contributed by atoms with van der Waals surface area (Å²) >= 11 is 7.24. The summed E-state index contributed by atoms with van der Waals surface area (Å²) in [7, 11) is 0. The van der Waals surface area contributed by atoms with Gasteiger partial charge in [-0.2, -0.15) is 0 Å². The van der Waals surface area contributed by atoms with Gasteiger partial charge in [-0.05, 0) is 49.6 Å². The molecule has 0 aliphatic heterocycles. The summed E-state index contributed by atoms with van der Waals surface area (Å²) in [5.41, 5.74) is 3.73. The Morgan fingerprint density at radius 2 is 1.73 bits per heavy atom. The van der Waals surface area contributed by atoms with Gasteiger partial charge in [0.1, 0.15) is 16.3 Å². The van der Waals surface area contributed by atoms with Gasteiger partial charge in [0.15, 0.2) is 6.61 Å². The Labute approximate surface area is 184 Å². The summed E-state index contributed by atoms with van der Waals surface area (Å²) in [6.07, 6.45) is 0. The van der Waals surface area contributed by atoms with Crippen LogP contribution in [0.3, 0.4) is 0 Å². The number of carbonyl (C=O) groups is 2. The molecule has 0 aliphatic rings. The number of ether oxygens (including phenoxy) is 2. The van der Waals surface area contributed by atoms with Crippen molar-refractivity contribution in [2.45, 2.75) is 20.8 Å². The van der Waals surface area contributed by atoms with E-state index in [9.17, 15) is 9.59 Å². The zero-order chi connectivity index (χ0) is 21.7. The maximum atomic E-state index is 12.6. The number of anilines is 1. The van der Waals surface area contributed by atoms with E-state index in [-0.39, 0.29) is 19.1 Å². The van der Waals surface area contributed by atoms with Gasteiger partial charge in [0.25, 0.3) is 5.91 Å². The summed E-state index contributed by atoms with van der Waals surface area (Å²) < 4.78 is 10.9. The number of para-hydroxylation sites is 1. The number of esters is 1. The number of carbonyl (C=O) groups excluding carboxylic acids is 2. The van der Waals surface area contributed by atoms with Crippen LogP contribution in [-0.2, 0) is 9.53 Å². The fourth-order valence-corrected chi connectivity index (χ4v) is 4.12. The van der Waals surface area contributed by atoms with Gasteiger partial charge < -0.3 is 14.8 Å². The van der Waals surface area contributed by atoms with Crippen LogP contribution in [0.5, 0.6) is 5.75 Å². The van der Waals surface area contributed by atoms with Crippen molar-refractivity contribution in [1.29, 1.82) is 0 Å². The maximum absolute atomic E-state index is 12.6. The molecule has 3 aromatic rings. The number of benzene rings is 2. The first-order chi connectivity index (χ1) is 14.4. The van der Waals surface area contributed by atoms with Gasteiger partial charge in [0, 0.05) is 16.0 Å². The standard InChI is InChI=1S/C23H22ClNO4S/c1-4-28-23(27)20-18(16-8-10-17(24)11-9-16)13-30-22(20)25-19(26)12-29-21-14(2)6-5-7-15(21)3/h5-11,13H,4,12H2,1-3H3,(H,25,26). The van der Waals surface area contributed by atoms with Crippen molar-refractivity contribution in [3.63, 3.8) is 0 Å². The Kier molecular flexibility index (Phi) is 7.13. The molecule has 0 spiro atoms. The first-order valence-corrected chi connectivity index (χ1v) is 10.7. The van der Waals surface area contributed by atoms with Crippen molar-refractivity contribution in [3.8, 4) is 16.9 Å². The molecule has 0 saturated carbocycles. The van der Waals surface area contributed by atoms with Crippen LogP contribution < -0.4 is 10.1 Å². The molecule has 1 amide bonds. The van der Waals surface area contributed by atoms with Crippen LogP contribution in [0.15, 0.2) is 47.8 Å². The highest BCUT2D eigenvalue weighted by molar-refractivity contribution is 7.15. The maximum Gasteiger partial charge on any atom is 0.341 e. The first kappa shape index (κ1) is 21.9. The van der Waals surface area contributed by atoms with Gasteiger partial charge in [-0.1, -0.05) is 41.9 Å². The Hall–Kier alpha value is -2.83. The van der Waals surface area contributed by atoms with E-state index in [0.29, 0.717) is 26.9 Å². The van der Waals surface area contributed by atoms with Crippen LogP contribution in [0.2, 0.25) is 5.02 Å². The lowest BCUT2D eigenvalue weighted by Crippen LogP contribution is -2.21. The third-order valence-electron chi connectivity index (χ3n) is 4.44. The van der Waals surface area contributed by atoms with Crippen LogP contribution in [0.4, 0.5) is 5.00 Å². The molecule has 3 rings (SSSR count). The van der Waals surface area contributed by atoms with Gasteiger partial charge in [0.05, 0.1) is 6.61 Å². The van der Waals surface area contributed by atoms with Crippen molar-refractivity contribution in [1.82, 2.24) is 0 Å². The molecule has 1 N–H and O–H groups in total. The fourth-order valence-electron chi connectivity index (χ4n) is 3.02. The lowest BCUT2D eigenvalue weighted by atomic mass is 10.0. The predicted molar refractivity (Wildman–Crippen MR) is 121 cm³/mol. The van der Waals surface area contributed by atoms with Gasteiger partial charge in [-0.25, -0.2) is 4.79 Å². The Morgan fingerprint density at radius 1 is 1.07 bits per heavy atom. The number of hydrogen-bond acceptors (Lipinski definition) is 5. The Balaban J connectivity index is 1.82. The highest BCUT2D eigenvalue weighted by atomic mass is 35.5. The molecule has 30 heavy (non-hydrogen) atoms. The lowest BCUT2D eigenvalue weighted by Gasteiger charge is -2.12. The number of rotatable bonds is 7. The van der Waals surface area contributed by atoms with Crippen LogP contribution in [0, 0.1) is 13.8 Å². The number of nitrogens with one attached hydrogen (secondary N) is 1. The second kappa shape index (κ2) is 9.78. The van der Waals surface area contributed by atoms with Crippen LogP contribution in [0.1, 0.15) is 28.4 Å². The Morgan fingerprint density at radius 3 is 2.37 bits per heavy atom. The van der Waals surface area contributed by atoms with Gasteiger partial charge in [-0.15, -0.1) is 11.3 Å². The average Bonchev–Trinajstić information content (AvgIpc) is 3.12. The number of amides is 1. The van der Waals surface area contributed by atoms with E-state index in [1.807, 2.05) is 49.6 Å². The molecule has 0 radical (unpaired) electrons. The summed E-state index contributed by atoms with van der Waals surface area (Å²) in [6.45, 7) is 5.66. The predicted octanol–water partition coefficient (Wildman–Crippen LogP) is 5.88. The largest absolute Gasteiger partial charge is 0.483 e. The van der Waals surface area contributed by atoms with E-state index in [0.717, 1.165) is 16.7 Å². The smallest absolute Gasteiger partial charge is 0.341 e. The highest BCUT2D eigenvalue weighted by Gasteiger charge is 2.23. The third kappa shape index (κ3) is 5.01. The Bertz CT molecular complexity index is 1040. The summed E-state index contributed by atoms with van der Waals surface area (Å²) in [5, 5.41) is 5.63. The van der Waals surface area contributed by atoms with E-state index < -0.39 is 5.97 Å². The molecule has 0 atom stereocenters. The molecule has 0 bridgehead atoms. The van der Waals surface area contributed by atoms with Gasteiger partial charge in [0.2, 0.25) is 0 Å². The second-order valence-corrected chi connectivity index (χ2v) is 7.95. The van der Waals surface area contributed by atoms with Crippen molar-refractivity contribution in [2.75, 3.05) is 18.5 Å². The van der Waals surface area contributed by atoms with Gasteiger partial charge in [-0.3, -0.25) is 4.79 Å². The SMILES string of the molecule is CCOC(=O)c1c(-c2ccc(Cl)cc2)csc1NC(=O)COc1c(C)cccc1C.